The molecule has 0 saturated heterocycles. The Morgan fingerprint density at radius 3 is 3.00 bits per heavy atom. The third-order valence-electron chi connectivity index (χ3n) is 1.20. The van der Waals surface area contributed by atoms with Crippen LogP contribution in [-0.4, -0.2) is 7.11 Å². The molecule has 1 aromatic heterocycles. The van der Waals surface area contributed by atoms with Crippen LogP contribution in [0.1, 0.15) is 11.8 Å². The van der Waals surface area contributed by atoms with Crippen LogP contribution >= 0.6 is 11.3 Å². The van der Waals surface area contributed by atoms with Gasteiger partial charge < -0.3 is 4.74 Å². The Bertz CT molecular complexity index is 211. The molecule has 10 heavy (non-hydrogen) atoms. The van der Waals surface area contributed by atoms with Crippen LogP contribution in [0.3, 0.4) is 0 Å². The van der Waals surface area contributed by atoms with E-state index in [9.17, 15) is 0 Å². The van der Waals surface area contributed by atoms with Crippen molar-refractivity contribution in [2.75, 3.05) is 7.11 Å². The number of hydrogen-bond acceptors (Lipinski definition) is 2. The van der Waals surface area contributed by atoms with Gasteiger partial charge in [0.25, 0.3) is 0 Å². The first-order valence-electron chi connectivity index (χ1n) is 3.08. The van der Waals surface area contributed by atoms with Crippen molar-refractivity contribution < 1.29 is 4.74 Å². The zero-order valence-corrected chi connectivity index (χ0v) is 6.94. The summed E-state index contributed by atoms with van der Waals surface area (Å²) in [5.74, 6) is 0. The first kappa shape index (κ1) is 7.35. The molecule has 0 amide bonds. The molecule has 0 aromatic carbocycles. The maximum Gasteiger partial charge on any atom is 0.0867 e. The number of methoxy groups -OCH3 is 1. The molecule has 1 heterocycles. The zero-order chi connectivity index (χ0) is 7.40. The average Bonchev–Trinajstić information content (AvgIpc) is 2.38. The third kappa shape index (κ3) is 1.61. The van der Waals surface area contributed by atoms with Crippen LogP contribution in [0.2, 0.25) is 0 Å². The van der Waals surface area contributed by atoms with Crippen molar-refractivity contribution in [1.82, 2.24) is 0 Å². The van der Waals surface area contributed by atoms with Gasteiger partial charge in [-0.05, 0) is 18.4 Å². The average molecular weight is 154 g/mol. The normalized spacial score (nSPS) is 11.6. The Hall–Kier alpha value is -0.760. The van der Waals surface area contributed by atoms with Crippen LogP contribution in [0.5, 0.6) is 0 Å². The Kier molecular flexibility index (Phi) is 2.51. The fraction of sp³-hybridized carbons (Fsp3) is 0.250. The lowest BCUT2D eigenvalue weighted by Crippen LogP contribution is -1.72. The van der Waals surface area contributed by atoms with E-state index in [4.69, 9.17) is 4.74 Å². The molecule has 0 fully saturated rings. The highest BCUT2D eigenvalue weighted by molar-refractivity contribution is 7.11. The molecule has 0 N–H and O–H groups in total. The number of hydrogen-bond donors (Lipinski definition) is 0. The van der Waals surface area contributed by atoms with E-state index in [1.165, 1.54) is 10.5 Å². The number of allylic oxidation sites excluding steroid dienone is 1. The first-order valence-corrected chi connectivity index (χ1v) is 3.96. The Morgan fingerprint density at radius 2 is 2.50 bits per heavy atom. The summed E-state index contributed by atoms with van der Waals surface area (Å²) >= 11 is 1.72. The fourth-order valence-corrected chi connectivity index (χ4v) is 1.43. The minimum atomic E-state index is 1.18. The molecule has 0 saturated carbocycles. The summed E-state index contributed by atoms with van der Waals surface area (Å²) in [6, 6.07) is 4.11. The summed E-state index contributed by atoms with van der Waals surface area (Å²) < 4.78 is 4.87. The molecule has 0 spiro atoms. The third-order valence-corrected chi connectivity index (χ3v) is 2.21. The van der Waals surface area contributed by atoms with E-state index in [-0.39, 0.29) is 0 Å². The lowest BCUT2D eigenvalue weighted by atomic mass is 10.3. The van der Waals surface area contributed by atoms with E-state index in [0.29, 0.717) is 0 Å². The molecule has 0 radical (unpaired) electrons. The van der Waals surface area contributed by atoms with Crippen LogP contribution in [0.4, 0.5) is 0 Å². The van der Waals surface area contributed by atoms with E-state index >= 15 is 0 Å². The number of ether oxygens (including phenoxy) is 1. The van der Waals surface area contributed by atoms with Crippen LogP contribution in [-0.2, 0) is 4.74 Å². The van der Waals surface area contributed by atoms with Crippen LogP contribution in [0.15, 0.2) is 23.8 Å². The van der Waals surface area contributed by atoms with Gasteiger partial charge in [0.2, 0.25) is 0 Å². The van der Waals surface area contributed by atoms with Crippen molar-refractivity contribution in [3.05, 3.63) is 28.7 Å². The Morgan fingerprint density at radius 1 is 1.70 bits per heavy atom. The maximum atomic E-state index is 4.87. The lowest BCUT2D eigenvalue weighted by Gasteiger charge is -1.93. The standard InChI is InChI=1S/C8H10OS/c1-7(6-9-2)8-4-3-5-10-8/h3-6H,1-2H3/b7-6+. The highest BCUT2D eigenvalue weighted by Gasteiger charge is 1.93. The summed E-state index contributed by atoms with van der Waals surface area (Å²) in [5, 5.41) is 2.06. The quantitative estimate of drug-likeness (QED) is 0.595. The molecule has 1 aromatic rings. The van der Waals surface area contributed by atoms with E-state index in [2.05, 4.69) is 11.4 Å². The molecule has 1 rings (SSSR count). The molecule has 0 unspecified atom stereocenters. The van der Waals surface area contributed by atoms with Crippen molar-refractivity contribution >= 4 is 16.9 Å². The van der Waals surface area contributed by atoms with Crippen molar-refractivity contribution in [1.29, 1.82) is 0 Å². The van der Waals surface area contributed by atoms with E-state index in [1.807, 2.05) is 13.0 Å². The first-order chi connectivity index (χ1) is 4.84. The van der Waals surface area contributed by atoms with Gasteiger partial charge in [0, 0.05) is 10.5 Å². The fourth-order valence-electron chi connectivity index (χ4n) is 0.738. The van der Waals surface area contributed by atoms with Crippen molar-refractivity contribution in [2.24, 2.45) is 0 Å². The van der Waals surface area contributed by atoms with Gasteiger partial charge in [-0.1, -0.05) is 6.07 Å². The van der Waals surface area contributed by atoms with Crippen LogP contribution < -0.4 is 0 Å². The van der Waals surface area contributed by atoms with Gasteiger partial charge in [-0.3, -0.25) is 0 Å². The molecule has 0 atom stereocenters. The minimum absolute atomic E-state index is 1.18. The molecule has 0 aliphatic rings. The van der Waals surface area contributed by atoms with Gasteiger partial charge in [-0.15, -0.1) is 11.3 Å². The van der Waals surface area contributed by atoms with E-state index in [1.54, 1.807) is 24.7 Å². The SMILES string of the molecule is CO/C=C(\C)c1cccs1. The second-order valence-corrected chi connectivity index (χ2v) is 2.96. The summed E-state index contributed by atoms with van der Waals surface area (Å²) in [6.07, 6.45) is 1.76. The Labute approximate surface area is 65.0 Å². The predicted molar refractivity (Wildman–Crippen MR) is 45.0 cm³/mol. The van der Waals surface area contributed by atoms with Gasteiger partial charge in [-0.25, -0.2) is 0 Å². The number of thiophene rings is 1. The van der Waals surface area contributed by atoms with Gasteiger partial charge in [0.15, 0.2) is 0 Å². The van der Waals surface area contributed by atoms with Gasteiger partial charge in [-0.2, -0.15) is 0 Å². The molecule has 54 valence electrons. The monoisotopic (exact) mass is 154 g/mol. The summed E-state index contributed by atoms with van der Waals surface area (Å²) in [4.78, 5) is 1.27. The summed E-state index contributed by atoms with van der Waals surface area (Å²) in [7, 11) is 1.66. The number of rotatable bonds is 2. The largest absolute Gasteiger partial charge is 0.504 e. The highest BCUT2D eigenvalue weighted by atomic mass is 32.1. The van der Waals surface area contributed by atoms with Gasteiger partial charge >= 0.3 is 0 Å². The lowest BCUT2D eigenvalue weighted by molar-refractivity contribution is 0.339. The van der Waals surface area contributed by atoms with Gasteiger partial charge in [0.05, 0.1) is 13.4 Å². The maximum absolute atomic E-state index is 4.87. The predicted octanol–water partition coefficient (Wildman–Crippen LogP) is 2.76. The minimum Gasteiger partial charge on any atom is -0.504 e. The molecule has 0 bridgehead atoms. The van der Waals surface area contributed by atoms with Crippen LogP contribution in [0, 0.1) is 0 Å². The highest BCUT2D eigenvalue weighted by Crippen LogP contribution is 2.18. The van der Waals surface area contributed by atoms with Crippen molar-refractivity contribution in [2.45, 2.75) is 6.92 Å². The van der Waals surface area contributed by atoms with E-state index in [0.717, 1.165) is 0 Å². The molecule has 0 aliphatic carbocycles. The summed E-state index contributed by atoms with van der Waals surface area (Å²) in [6.45, 7) is 2.04. The Balaban J connectivity index is 2.77. The second-order valence-electron chi connectivity index (χ2n) is 2.01. The zero-order valence-electron chi connectivity index (χ0n) is 6.13. The topological polar surface area (TPSA) is 9.23 Å². The smallest absolute Gasteiger partial charge is 0.0867 e. The van der Waals surface area contributed by atoms with Crippen molar-refractivity contribution in [3.8, 4) is 0 Å². The van der Waals surface area contributed by atoms with Crippen molar-refractivity contribution in [3.63, 3.8) is 0 Å². The molecule has 0 aliphatic heterocycles. The molecular weight excluding hydrogens is 144 g/mol. The van der Waals surface area contributed by atoms with E-state index < -0.39 is 0 Å². The molecule has 2 heteroatoms. The van der Waals surface area contributed by atoms with Gasteiger partial charge in [0.1, 0.15) is 0 Å². The van der Waals surface area contributed by atoms with Crippen LogP contribution in [0.25, 0.3) is 5.57 Å². The summed E-state index contributed by atoms with van der Waals surface area (Å²) in [5.41, 5.74) is 1.18. The molecule has 1 nitrogen and oxygen atoms in total. The molecular formula is C8H10OS. The second kappa shape index (κ2) is 3.42.